The standard InChI is InChI=1S/C26H33F2N5O2/c1-17(2)32-12-10-31(11-13-32)9-8-29-26(34)24-19(4)30-25-23(14-18(3)15-33(24)25)35-16-20-21(27)6-5-7-22(20)28/h5-7,14-15,17H,8-13,16H2,1-4H3,(H,29,34). The maximum atomic E-state index is 14.0. The molecule has 7 nitrogen and oxygen atoms in total. The van der Waals surface area contributed by atoms with Gasteiger partial charge < -0.3 is 10.1 Å². The predicted octanol–water partition coefficient (Wildman–Crippen LogP) is 3.56. The van der Waals surface area contributed by atoms with Crippen molar-refractivity contribution in [2.75, 3.05) is 39.3 Å². The van der Waals surface area contributed by atoms with Crippen LogP contribution >= 0.6 is 0 Å². The van der Waals surface area contributed by atoms with Crippen LogP contribution in [0, 0.1) is 25.5 Å². The molecule has 35 heavy (non-hydrogen) atoms. The minimum Gasteiger partial charge on any atom is -0.485 e. The zero-order chi connectivity index (χ0) is 25.1. The molecule has 1 aliphatic rings. The van der Waals surface area contributed by atoms with Crippen LogP contribution in [0.3, 0.4) is 0 Å². The summed E-state index contributed by atoms with van der Waals surface area (Å²) in [6, 6.07) is 6.00. The largest absolute Gasteiger partial charge is 0.485 e. The van der Waals surface area contributed by atoms with Crippen LogP contribution < -0.4 is 10.1 Å². The van der Waals surface area contributed by atoms with E-state index in [1.54, 1.807) is 17.4 Å². The molecule has 188 valence electrons. The monoisotopic (exact) mass is 485 g/mol. The maximum Gasteiger partial charge on any atom is 0.270 e. The number of carbonyl (C=O) groups excluding carboxylic acids is 1. The molecular formula is C26H33F2N5O2. The number of benzene rings is 1. The Balaban J connectivity index is 1.44. The van der Waals surface area contributed by atoms with E-state index >= 15 is 0 Å². The van der Waals surface area contributed by atoms with Crippen LogP contribution in [0.4, 0.5) is 8.78 Å². The van der Waals surface area contributed by atoms with Crippen molar-refractivity contribution in [3.63, 3.8) is 0 Å². The summed E-state index contributed by atoms with van der Waals surface area (Å²) in [5.41, 5.74) is 2.09. The Kier molecular flexibility index (Phi) is 7.66. The topological polar surface area (TPSA) is 62.1 Å². The summed E-state index contributed by atoms with van der Waals surface area (Å²) < 4.78 is 35.5. The van der Waals surface area contributed by atoms with Gasteiger partial charge in [0.2, 0.25) is 0 Å². The number of halogens is 2. The van der Waals surface area contributed by atoms with Crippen LogP contribution in [0.15, 0.2) is 30.5 Å². The number of nitrogens with one attached hydrogen (secondary N) is 1. The summed E-state index contributed by atoms with van der Waals surface area (Å²) in [4.78, 5) is 22.4. The van der Waals surface area contributed by atoms with Crippen molar-refractivity contribution >= 4 is 11.6 Å². The molecule has 1 saturated heterocycles. The van der Waals surface area contributed by atoms with Crippen LogP contribution in [0.25, 0.3) is 5.65 Å². The van der Waals surface area contributed by atoms with Gasteiger partial charge in [-0.15, -0.1) is 0 Å². The van der Waals surface area contributed by atoms with Crippen molar-refractivity contribution in [3.8, 4) is 5.75 Å². The van der Waals surface area contributed by atoms with E-state index in [2.05, 4.69) is 33.9 Å². The van der Waals surface area contributed by atoms with E-state index in [4.69, 9.17) is 4.74 Å². The highest BCUT2D eigenvalue weighted by Crippen LogP contribution is 2.26. The number of aromatic nitrogens is 2. The highest BCUT2D eigenvalue weighted by atomic mass is 19.1. The van der Waals surface area contributed by atoms with Gasteiger partial charge in [-0.25, -0.2) is 13.8 Å². The molecule has 0 saturated carbocycles. The van der Waals surface area contributed by atoms with Gasteiger partial charge in [0.1, 0.15) is 23.9 Å². The highest BCUT2D eigenvalue weighted by Gasteiger charge is 2.22. The Morgan fingerprint density at radius 1 is 1.14 bits per heavy atom. The van der Waals surface area contributed by atoms with E-state index in [0.717, 1.165) is 38.3 Å². The number of rotatable bonds is 8. The minimum atomic E-state index is -0.668. The molecule has 4 rings (SSSR count). The smallest absolute Gasteiger partial charge is 0.270 e. The molecule has 1 N–H and O–H groups in total. The first-order chi connectivity index (χ1) is 16.7. The van der Waals surface area contributed by atoms with Crippen molar-refractivity contribution in [2.45, 2.75) is 40.3 Å². The number of hydrogen-bond donors (Lipinski definition) is 1. The van der Waals surface area contributed by atoms with E-state index in [9.17, 15) is 13.6 Å². The Labute approximate surface area is 204 Å². The van der Waals surface area contributed by atoms with E-state index in [1.807, 2.05) is 13.1 Å². The zero-order valence-electron chi connectivity index (χ0n) is 20.8. The van der Waals surface area contributed by atoms with E-state index in [0.29, 0.717) is 35.4 Å². The number of ether oxygens (including phenoxy) is 1. The third kappa shape index (κ3) is 5.62. The second kappa shape index (κ2) is 10.7. The lowest BCUT2D eigenvalue weighted by Crippen LogP contribution is -2.50. The lowest BCUT2D eigenvalue weighted by atomic mass is 10.2. The van der Waals surface area contributed by atoms with Gasteiger partial charge >= 0.3 is 0 Å². The van der Waals surface area contributed by atoms with Crippen molar-refractivity contribution in [2.24, 2.45) is 0 Å². The van der Waals surface area contributed by atoms with Crippen LogP contribution in [0.1, 0.15) is 41.2 Å². The molecule has 9 heteroatoms. The number of nitrogens with zero attached hydrogens (tertiary/aromatic N) is 4. The summed E-state index contributed by atoms with van der Waals surface area (Å²) in [6.45, 7) is 13.2. The predicted molar refractivity (Wildman–Crippen MR) is 131 cm³/mol. The average molecular weight is 486 g/mol. The summed E-state index contributed by atoms with van der Waals surface area (Å²) in [6.07, 6.45) is 1.81. The van der Waals surface area contributed by atoms with Crippen LogP contribution in [-0.2, 0) is 6.61 Å². The molecule has 1 amide bonds. The number of fused-ring (bicyclic) bond motifs is 1. The second-order valence-corrected chi connectivity index (χ2v) is 9.34. The lowest BCUT2D eigenvalue weighted by Gasteiger charge is -2.36. The van der Waals surface area contributed by atoms with Crippen LogP contribution in [0.2, 0.25) is 0 Å². The lowest BCUT2D eigenvalue weighted by molar-refractivity contribution is 0.0915. The van der Waals surface area contributed by atoms with Crippen molar-refractivity contribution in [3.05, 3.63) is 64.6 Å². The SMILES string of the molecule is Cc1cc(OCc2c(F)cccc2F)c2nc(C)c(C(=O)NCCN3CCN(C(C)C)CC3)n2c1. The third-order valence-corrected chi connectivity index (χ3v) is 6.50. The number of imidazole rings is 1. The van der Waals surface area contributed by atoms with Crippen LogP contribution in [0.5, 0.6) is 5.75 Å². The molecule has 0 atom stereocenters. The van der Waals surface area contributed by atoms with Gasteiger partial charge in [0.25, 0.3) is 5.91 Å². The molecule has 0 aliphatic carbocycles. The molecule has 1 aliphatic heterocycles. The molecule has 0 unspecified atom stereocenters. The van der Waals surface area contributed by atoms with Gasteiger partial charge in [-0.1, -0.05) is 6.07 Å². The summed E-state index contributed by atoms with van der Waals surface area (Å²) in [5, 5.41) is 3.02. The molecule has 0 spiro atoms. The first-order valence-corrected chi connectivity index (χ1v) is 12.0. The minimum absolute atomic E-state index is 0.150. The number of carbonyl (C=O) groups is 1. The van der Waals surface area contributed by atoms with Crippen molar-refractivity contribution in [1.29, 1.82) is 0 Å². The number of aryl methyl sites for hydroxylation is 2. The summed E-state index contributed by atoms with van der Waals surface area (Å²) in [7, 11) is 0. The number of pyridine rings is 1. The van der Waals surface area contributed by atoms with E-state index in [-0.39, 0.29) is 18.1 Å². The molecule has 1 aromatic carbocycles. The average Bonchev–Trinajstić information content (AvgIpc) is 3.14. The third-order valence-electron chi connectivity index (χ3n) is 6.50. The number of piperazine rings is 1. The maximum absolute atomic E-state index is 14.0. The van der Waals surface area contributed by atoms with Gasteiger partial charge in [0.15, 0.2) is 11.4 Å². The van der Waals surface area contributed by atoms with Gasteiger partial charge in [0.05, 0.1) is 11.3 Å². The summed E-state index contributed by atoms with van der Waals surface area (Å²) >= 11 is 0. The number of amides is 1. The summed E-state index contributed by atoms with van der Waals surface area (Å²) in [5.74, 6) is -1.19. The molecule has 3 aromatic rings. The van der Waals surface area contributed by atoms with E-state index < -0.39 is 11.6 Å². The van der Waals surface area contributed by atoms with Gasteiger partial charge in [-0.05, 0) is 51.5 Å². The fourth-order valence-electron chi connectivity index (χ4n) is 4.47. The van der Waals surface area contributed by atoms with Gasteiger partial charge in [-0.2, -0.15) is 0 Å². The molecule has 3 heterocycles. The Hall–Kier alpha value is -3.04. The normalized spacial score (nSPS) is 15.2. The zero-order valence-corrected chi connectivity index (χ0v) is 20.8. The second-order valence-electron chi connectivity index (χ2n) is 9.34. The quantitative estimate of drug-likeness (QED) is 0.529. The van der Waals surface area contributed by atoms with Gasteiger partial charge in [-0.3, -0.25) is 19.0 Å². The van der Waals surface area contributed by atoms with Crippen LogP contribution in [-0.4, -0.2) is 70.4 Å². The molecule has 0 bridgehead atoms. The first-order valence-electron chi connectivity index (χ1n) is 12.0. The fraction of sp³-hybridized carbons (Fsp3) is 0.462. The Morgan fingerprint density at radius 2 is 1.83 bits per heavy atom. The van der Waals surface area contributed by atoms with Crippen molar-refractivity contribution in [1.82, 2.24) is 24.5 Å². The molecule has 0 radical (unpaired) electrons. The molecule has 2 aromatic heterocycles. The first kappa shape index (κ1) is 25.1. The number of hydrogen-bond acceptors (Lipinski definition) is 5. The Morgan fingerprint density at radius 3 is 2.49 bits per heavy atom. The van der Waals surface area contributed by atoms with E-state index in [1.165, 1.54) is 18.2 Å². The fourth-order valence-corrected chi connectivity index (χ4v) is 4.47. The molecular weight excluding hydrogens is 452 g/mol. The Bertz CT molecular complexity index is 1180. The molecule has 1 fully saturated rings. The van der Waals surface area contributed by atoms with Crippen molar-refractivity contribution < 1.29 is 18.3 Å². The highest BCUT2D eigenvalue weighted by molar-refractivity contribution is 5.95. The van der Waals surface area contributed by atoms with Gasteiger partial charge in [0, 0.05) is 51.5 Å².